The van der Waals surface area contributed by atoms with Gasteiger partial charge in [0.15, 0.2) is 5.82 Å². The van der Waals surface area contributed by atoms with Gasteiger partial charge in [-0.15, -0.1) is 0 Å². The van der Waals surface area contributed by atoms with Crippen molar-refractivity contribution < 1.29 is 4.74 Å². The maximum atomic E-state index is 6.16. The largest absolute Gasteiger partial charge is 0.489 e. The zero-order valence-corrected chi connectivity index (χ0v) is 15.4. The summed E-state index contributed by atoms with van der Waals surface area (Å²) in [6.45, 7) is 3.08. The molecule has 0 spiro atoms. The number of H-pyrrole nitrogens is 1. The number of aromatic amines is 1. The smallest absolute Gasteiger partial charge is 0.214 e. The molecule has 5 nitrogen and oxygen atoms in total. The van der Waals surface area contributed by atoms with Crippen molar-refractivity contribution in [2.24, 2.45) is 0 Å². The van der Waals surface area contributed by atoms with Crippen molar-refractivity contribution in [3.63, 3.8) is 0 Å². The maximum Gasteiger partial charge on any atom is 0.214 e. The Bertz CT molecular complexity index is 906. The van der Waals surface area contributed by atoms with Crippen LogP contribution >= 0.6 is 23.8 Å². The molecular weight excluding hydrogens is 356 g/mol. The van der Waals surface area contributed by atoms with Gasteiger partial charge in [-0.1, -0.05) is 48.9 Å². The summed E-state index contributed by atoms with van der Waals surface area (Å²) in [6, 6.07) is 15.6. The van der Waals surface area contributed by atoms with Crippen LogP contribution in [0.5, 0.6) is 5.75 Å². The molecule has 1 aromatic heterocycles. The summed E-state index contributed by atoms with van der Waals surface area (Å²) in [7, 11) is 0. The van der Waals surface area contributed by atoms with Crippen molar-refractivity contribution >= 4 is 23.8 Å². The van der Waals surface area contributed by atoms with Crippen molar-refractivity contribution in [2.75, 3.05) is 5.43 Å². The van der Waals surface area contributed by atoms with E-state index in [2.05, 4.69) is 15.6 Å². The third-order valence-electron chi connectivity index (χ3n) is 3.75. The van der Waals surface area contributed by atoms with Gasteiger partial charge in [0.1, 0.15) is 12.4 Å². The second-order valence-electron chi connectivity index (χ2n) is 5.50. The molecule has 0 aliphatic carbocycles. The monoisotopic (exact) mass is 374 g/mol. The van der Waals surface area contributed by atoms with Crippen LogP contribution in [0.2, 0.25) is 5.02 Å². The van der Waals surface area contributed by atoms with Gasteiger partial charge in [0.2, 0.25) is 4.77 Å². The Morgan fingerprint density at radius 1 is 1.24 bits per heavy atom. The normalized spacial score (nSPS) is 10.6. The second-order valence-corrected chi connectivity index (χ2v) is 6.29. The minimum atomic E-state index is 0.434. The van der Waals surface area contributed by atoms with Gasteiger partial charge in [0.05, 0.1) is 6.54 Å². The van der Waals surface area contributed by atoms with E-state index in [1.807, 2.05) is 55.5 Å². The SMILES string of the molecule is CCc1n[nH]c(=S)n1NCc1cccc(OCc2ccccc2Cl)c1. The molecule has 2 N–H and O–H groups in total. The molecule has 0 saturated heterocycles. The highest BCUT2D eigenvalue weighted by atomic mass is 35.5. The molecule has 3 aromatic rings. The van der Waals surface area contributed by atoms with Crippen molar-refractivity contribution in [1.29, 1.82) is 0 Å². The van der Waals surface area contributed by atoms with E-state index in [1.165, 1.54) is 0 Å². The van der Waals surface area contributed by atoms with E-state index in [0.29, 0.717) is 22.9 Å². The Labute approximate surface area is 156 Å². The van der Waals surface area contributed by atoms with Gasteiger partial charge in [-0.05, 0) is 36.0 Å². The van der Waals surface area contributed by atoms with Crippen LogP contribution in [0.25, 0.3) is 0 Å². The fourth-order valence-electron chi connectivity index (χ4n) is 2.42. The molecule has 2 aromatic carbocycles. The standard InChI is InChI=1S/C18H19ClN4OS/c1-2-17-21-22-18(25)23(17)20-11-13-6-5-8-15(10-13)24-12-14-7-3-4-9-16(14)19/h3-10,20H,2,11-12H2,1H3,(H,22,25). The average Bonchev–Trinajstić information content (AvgIpc) is 2.99. The number of rotatable bonds is 7. The molecule has 0 saturated carbocycles. The molecule has 0 fully saturated rings. The lowest BCUT2D eigenvalue weighted by Crippen LogP contribution is -2.17. The first-order chi connectivity index (χ1) is 12.2. The quantitative estimate of drug-likeness (QED) is 0.599. The van der Waals surface area contributed by atoms with Gasteiger partial charge in [-0.2, -0.15) is 5.10 Å². The minimum Gasteiger partial charge on any atom is -0.489 e. The minimum absolute atomic E-state index is 0.434. The third-order valence-corrected chi connectivity index (χ3v) is 4.39. The Balaban J connectivity index is 1.64. The molecule has 7 heteroatoms. The highest BCUT2D eigenvalue weighted by molar-refractivity contribution is 7.71. The first-order valence-corrected chi connectivity index (χ1v) is 8.81. The molecule has 25 heavy (non-hydrogen) atoms. The highest BCUT2D eigenvalue weighted by Crippen LogP contribution is 2.19. The van der Waals surface area contributed by atoms with Crippen LogP contribution in [0, 0.1) is 4.77 Å². The summed E-state index contributed by atoms with van der Waals surface area (Å²) in [5, 5.41) is 7.69. The van der Waals surface area contributed by atoms with Crippen molar-refractivity contribution in [2.45, 2.75) is 26.5 Å². The van der Waals surface area contributed by atoms with Crippen LogP contribution in [0.3, 0.4) is 0 Å². The number of aryl methyl sites for hydroxylation is 1. The molecule has 0 aliphatic heterocycles. The molecule has 130 valence electrons. The fraction of sp³-hybridized carbons (Fsp3) is 0.222. The van der Waals surface area contributed by atoms with Crippen LogP contribution in [0.1, 0.15) is 23.9 Å². The number of nitrogens with zero attached hydrogens (tertiary/aromatic N) is 2. The summed E-state index contributed by atoms with van der Waals surface area (Å²) in [6.07, 6.45) is 0.793. The summed E-state index contributed by atoms with van der Waals surface area (Å²) in [4.78, 5) is 0. The van der Waals surface area contributed by atoms with E-state index in [0.717, 1.165) is 29.1 Å². The van der Waals surface area contributed by atoms with Crippen LogP contribution in [0.4, 0.5) is 0 Å². The van der Waals surface area contributed by atoms with Crippen LogP contribution in [0.15, 0.2) is 48.5 Å². The van der Waals surface area contributed by atoms with Crippen molar-refractivity contribution in [3.8, 4) is 5.75 Å². The lowest BCUT2D eigenvalue weighted by atomic mass is 10.2. The molecule has 3 rings (SSSR count). The van der Waals surface area contributed by atoms with Crippen molar-refractivity contribution in [3.05, 3.63) is 75.3 Å². The molecule has 0 atom stereocenters. The van der Waals surface area contributed by atoms with Gasteiger partial charge >= 0.3 is 0 Å². The predicted octanol–water partition coefficient (Wildman–Crippen LogP) is 4.48. The Hall–Kier alpha value is -2.31. The Morgan fingerprint density at radius 2 is 2.08 bits per heavy atom. The van der Waals surface area contributed by atoms with E-state index < -0.39 is 0 Å². The number of hydrogen-bond donors (Lipinski definition) is 2. The average molecular weight is 375 g/mol. The van der Waals surface area contributed by atoms with E-state index in [4.69, 9.17) is 28.6 Å². The van der Waals surface area contributed by atoms with Gasteiger partial charge in [0, 0.05) is 17.0 Å². The second kappa shape index (κ2) is 8.18. The molecule has 0 unspecified atom stereocenters. The number of aromatic nitrogens is 3. The van der Waals surface area contributed by atoms with E-state index in [1.54, 1.807) is 4.68 Å². The van der Waals surface area contributed by atoms with Gasteiger partial charge < -0.3 is 10.2 Å². The third kappa shape index (κ3) is 4.41. The van der Waals surface area contributed by atoms with E-state index in [-0.39, 0.29) is 0 Å². The molecule has 0 bridgehead atoms. The highest BCUT2D eigenvalue weighted by Gasteiger charge is 2.05. The Kier molecular flexibility index (Phi) is 5.73. The van der Waals surface area contributed by atoms with Crippen LogP contribution in [-0.2, 0) is 19.6 Å². The van der Waals surface area contributed by atoms with Gasteiger partial charge in [-0.25, -0.2) is 4.68 Å². The zero-order valence-electron chi connectivity index (χ0n) is 13.8. The number of nitrogens with one attached hydrogen (secondary N) is 2. The molecule has 0 radical (unpaired) electrons. The molecule has 1 heterocycles. The van der Waals surface area contributed by atoms with Gasteiger partial charge in [0.25, 0.3) is 0 Å². The fourth-order valence-corrected chi connectivity index (χ4v) is 2.83. The predicted molar refractivity (Wildman–Crippen MR) is 102 cm³/mol. The summed E-state index contributed by atoms with van der Waals surface area (Å²) in [5.41, 5.74) is 5.33. The van der Waals surface area contributed by atoms with Crippen LogP contribution in [-0.4, -0.2) is 14.9 Å². The van der Waals surface area contributed by atoms with Gasteiger partial charge in [-0.3, -0.25) is 5.10 Å². The molecule has 0 aliphatic rings. The summed E-state index contributed by atoms with van der Waals surface area (Å²) in [5.74, 6) is 1.67. The van der Waals surface area contributed by atoms with Crippen LogP contribution < -0.4 is 10.2 Å². The number of benzene rings is 2. The van der Waals surface area contributed by atoms with E-state index >= 15 is 0 Å². The number of halogens is 1. The lowest BCUT2D eigenvalue weighted by Gasteiger charge is -2.11. The summed E-state index contributed by atoms with van der Waals surface area (Å²) < 4.78 is 8.22. The zero-order chi connectivity index (χ0) is 17.6. The molecular formula is C18H19ClN4OS. The maximum absolute atomic E-state index is 6.16. The van der Waals surface area contributed by atoms with Crippen molar-refractivity contribution in [1.82, 2.24) is 14.9 Å². The topological polar surface area (TPSA) is 54.9 Å². The first-order valence-electron chi connectivity index (χ1n) is 8.02. The first kappa shape index (κ1) is 17.5. The number of hydrogen-bond acceptors (Lipinski definition) is 4. The lowest BCUT2D eigenvalue weighted by molar-refractivity contribution is 0.306. The van der Waals surface area contributed by atoms with E-state index in [9.17, 15) is 0 Å². The summed E-state index contributed by atoms with van der Waals surface area (Å²) >= 11 is 11.4. The molecule has 0 amide bonds. The number of ether oxygens (including phenoxy) is 1. The Morgan fingerprint density at radius 3 is 2.88 bits per heavy atom.